The third kappa shape index (κ3) is 6.09. The molecule has 2 aromatic rings. The summed E-state index contributed by atoms with van der Waals surface area (Å²) in [4.78, 5) is 27.2. The Morgan fingerprint density at radius 2 is 1.77 bits per heavy atom. The fraction of sp³-hybridized carbons (Fsp3) is 0.278. The number of carbonyl (C=O) groups excluding carboxylic acids is 2. The van der Waals surface area contributed by atoms with E-state index in [4.69, 9.17) is 16.3 Å². The molecule has 0 saturated heterocycles. The van der Waals surface area contributed by atoms with E-state index in [-0.39, 0.29) is 5.69 Å². The second-order valence-corrected chi connectivity index (χ2v) is 6.38. The lowest BCUT2D eigenvalue weighted by Crippen LogP contribution is -2.40. The molecule has 1 heterocycles. The van der Waals surface area contributed by atoms with E-state index >= 15 is 0 Å². The number of carbonyl (C=O) groups is 2. The van der Waals surface area contributed by atoms with Crippen LogP contribution in [0.5, 0.6) is 0 Å². The number of aromatic nitrogens is 1. The van der Waals surface area contributed by atoms with Crippen molar-refractivity contribution in [2.45, 2.75) is 31.9 Å². The molecule has 0 fully saturated rings. The molecule has 0 aliphatic rings. The predicted molar refractivity (Wildman–Crippen MR) is 92.4 cm³/mol. The molecule has 1 atom stereocenters. The van der Waals surface area contributed by atoms with E-state index in [1.54, 1.807) is 0 Å². The second-order valence-electron chi connectivity index (χ2n) is 5.97. The van der Waals surface area contributed by atoms with Gasteiger partial charge in [-0.15, -0.1) is 0 Å². The average Bonchev–Trinajstić information content (AvgIpc) is 2.61. The second kappa shape index (κ2) is 8.90. The van der Waals surface area contributed by atoms with Crippen LogP contribution in [0.15, 0.2) is 36.5 Å². The lowest BCUT2D eigenvalue weighted by Gasteiger charge is -2.20. The summed E-state index contributed by atoms with van der Waals surface area (Å²) in [5, 5.41) is 1.67. The van der Waals surface area contributed by atoms with Crippen molar-refractivity contribution < 1.29 is 40.7 Å². The van der Waals surface area contributed by atoms with Crippen LogP contribution < -0.4 is 5.32 Å². The van der Waals surface area contributed by atoms with Gasteiger partial charge in [-0.05, 0) is 18.2 Å². The number of ether oxygens (including phenoxy) is 1. The Labute approximate surface area is 171 Å². The van der Waals surface area contributed by atoms with Gasteiger partial charge in [0.1, 0.15) is 0 Å². The maximum Gasteiger partial charge on any atom is 0.417 e. The minimum Gasteiger partial charge on any atom is -0.441 e. The number of alkyl halides is 6. The first-order valence-electron chi connectivity index (χ1n) is 8.15. The quantitative estimate of drug-likeness (QED) is 0.406. The summed E-state index contributed by atoms with van der Waals surface area (Å²) in [5.74, 6) is -2.11. The van der Waals surface area contributed by atoms with Crippen molar-refractivity contribution in [1.29, 1.82) is 0 Å². The van der Waals surface area contributed by atoms with Gasteiger partial charge in [0.25, 0.3) is 5.91 Å². The van der Waals surface area contributed by atoms with Crippen LogP contribution in [0, 0.1) is 0 Å². The molecular weight excluding hydrogens is 442 g/mol. The largest absolute Gasteiger partial charge is 0.441 e. The van der Waals surface area contributed by atoms with E-state index < -0.39 is 58.6 Å². The lowest BCUT2D eigenvalue weighted by atomic mass is 10.1. The molecule has 1 amide bonds. The van der Waals surface area contributed by atoms with Crippen LogP contribution in [0.4, 0.5) is 26.3 Å². The van der Waals surface area contributed by atoms with Crippen LogP contribution >= 0.6 is 11.6 Å². The molecule has 1 N–H and O–H groups in total. The SMILES string of the molecule is CC(=O)OC(Cc1ncc(C(F)(F)F)cc1Cl)NC(=O)c1ccccc1C(F)(F)F. The third-order valence-corrected chi connectivity index (χ3v) is 4.03. The summed E-state index contributed by atoms with van der Waals surface area (Å²) >= 11 is 5.79. The molecule has 5 nitrogen and oxygen atoms in total. The number of nitrogens with zero attached hydrogens (tertiary/aromatic N) is 1. The van der Waals surface area contributed by atoms with Crippen LogP contribution in [0.2, 0.25) is 5.02 Å². The van der Waals surface area contributed by atoms with Crippen molar-refractivity contribution in [1.82, 2.24) is 10.3 Å². The summed E-state index contributed by atoms with van der Waals surface area (Å²) in [6, 6.07) is 4.51. The maximum absolute atomic E-state index is 13.1. The average molecular weight is 455 g/mol. The van der Waals surface area contributed by atoms with Crippen LogP contribution in [0.25, 0.3) is 0 Å². The molecule has 0 aliphatic heterocycles. The normalized spacial score (nSPS) is 12.9. The topological polar surface area (TPSA) is 68.3 Å². The molecular formula is C18H13ClF6N2O3. The van der Waals surface area contributed by atoms with E-state index in [1.807, 2.05) is 0 Å². The molecule has 1 aromatic carbocycles. The zero-order chi connectivity index (χ0) is 22.7. The number of pyridine rings is 1. The Kier molecular flexibility index (Phi) is 6.96. The van der Waals surface area contributed by atoms with Crippen molar-refractivity contribution >= 4 is 23.5 Å². The van der Waals surface area contributed by atoms with Crippen molar-refractivity contribution in [3.05, 3.63) is 63.9 Å². The van der Waals surface area contributed by atoms with Crippen molar-refractivity contribution in [2.75, 3.05) is 0 Å². The Bertz CT molecular complexity index is 946. The highest BCUT2D eigenvalue weighted by atomic mass is 35.5. The predicted octanol–water partition coefficient (Wildman–Crippen LogP) is 4.63. The summed E-state index contributed by atoms with van der Waals surface area (Å²) in [6.07, 6.45) is -11.0. The van der Waals surface area contributed by atoms with E-state index in [1.165, 1.54) is 6.07 Å². The van der Waals surface area contributed by atoms with Gasteiger partial charge in [-0.25, -0.2) is 0 Å². The summed E-state index contributed by atoms with van der Waals surface area (Å²) < 4.78 is 82.3. The smallest absolute Gasteiger partial charge is 0.417 e. The fourth-order valence-electron chi connectivity index (χ4n) is 2.42. The fourth-order valence-corrected chi connectivity index (χ4v) is 2.67. The third-order valence-electron chi connectivity index (χ3n) is 3.70. The van der Waals surface area contributed by atoms with Crippen molar-refractivity contribution in [3.63, 3.8) is 0 Å². The zero-order valence-corrected chi connectivity index (χ0v) is 15.8. The molecule has 1 unspecified atom stereocenters. The van der Waals surface area contributed by atoms with Gasteiger partial charge in [-0.2, -0.15) is 26.3 Å². The first-order chi connectivity index (χ1) is 13.8. The van der Waals surface area contributed by atoms with Crippen LogP contribution in [-0.2, 0) is 28.3 Å². The van der Waals surface area contributed by atoms with E-state index in [9.17, 15) is 35.9 Å². The van der Waals surface area contributed by atoms with E-state index in [2.05, 4.69) is 10.3 Å². The van der Waals surface area contributed by atoms with E-state index in [0.717, 1.165) is 19.1 Å². The number of nitrogens with one attached hydrogen (secondary N) is 1. The number of esters is 1. The van der Waals surface area contributed by atoms with Crippen LogP contribution in [0.3, 0.4) is 0 Å². The number of rotatable bonds is 5. The van der Waals surface area contributed by atoms with Crippen molar-refractivity contribution in [3.8, 4) is 0 Å². The zero-order valence-electron chi connectivity index (χ0n) is 15.1. The van der Waals surface area contributed by atoms with Crippen LogP contribution in [0.1, 0.15) is 34.1 Å². The monoisotopic (exact) mass is 454 g/mol. The molecule has 30 heavy (non-hydrogen) atoms. The molecule has 0 aliphatic carbocycles. The molecule has 2 rings (SSSR count). The minimum atomic E-state index is -4.82. The van der Waals surface area contributed by atoms with Crippen molar-refractivity contribution in [2.24, 2.45) is 0 Å². The number of hydrogen-bond acceptors (Lipinski definition) is 4. The number of amides is 1. The van der Waals surface area contributed by atoms with Gasteiger partial charge in [-0.3, -0.25) is 14.6 Å². The number of halogens is 7. The highest BCUT2D eigenvalue weighted by Gasteiger charge is 2.35. The van der Waals surface area contributed by atoms with Gasteiger partial charge in [0, 0.05) is 19.5 Å². The molecule has 1 aromatic heterocycles. The molecule has 0 saturated carbocycles. The summed E-state index contributed by atoms with van der Waals surface area (Å²) in [6.45, 7) is 0.977. The Morgan fingerprint density at radius 3 is 2.30 bits per heavy atom. The molecule has 0 radical (unpaired) electrons. The summed E-state index contributed by atoms with van der Waals surface area (Å²) in [7, 11) is 0. The maximum atomic E-state index is 13.1. The van der Waals surface area contributed by atoms with Gasteiger partial charge < -0.3 is 10.1 Å². The number of benzene rings is 1. The highest BCUT2D eigenvalue weighted by Crippen LogP contribution is 2.33. The van der Waals surface area contributed by atoms with E-state index in [0.29, 0.717) is 18.3 Å². The molecule has 0 bridgehead atoms. The standard InChI is InChI=1S/C18H13ClF6N2O3/c1-9(28)30-15(7-14-13(19)6-10(8-26-14)17(20,21)22)27-16(29)11-4-2-3-5-12(11)18(23,24)25/h2-6,8,15H,7H2,1H3,(H,27,29). The molecule has 0 spiro atoms. The first-order valence-corrected chi connectivity index (χ1v) is 8.52. The van der Waals surface area contributed by atoms with Crippen LogP contribution in [-0.4, -0.2) is 23.1 Å². The van der Waals surface area contributed by atoms with Gasteiger partial charge in [0.05, 0.1) is 27.4 Å². The molecule has 12 heteroatoms. The Balaban J connectivity index is 2.28. The Hall–Kier alpha value is -2.82. The lowest BCUT2D eigenvalue weighted by molar-refractivity contribution is -0.147. The summed E-state index contributed by atoms with van der Waals surface area (Å²) in [5.41, 5.74) is -3.23. The first kappa shape index (κ1) is 23.5. The molecule has 162 valence electrons. The van der Waals surface area contributed by atoms with Gasteiger partial charge in [0.2, 0.25) is 0 Å². The van der Waals surface area contributed by atoms with Gasteiger partial charge in [0.15, 0.2) is 6.23 Å². The Morgan fingerprint density at radius 1 is 1.13 bits per heavy atom. The van der Waals surface area contributed by atoms with Gasteiger partial charge >= 0.3 is 18.3 Å². The minimum absolute atomic E-state index is 0.166. The highest BCUT2D eigenvalue weighted by molar-refractivity contribution is 6.31. The van der Waals surface area contributed by atoms with Gasteiger partial charge in [-0.1, -0.05) is 23.7 Å². The number of hydrogen-bond donors (Lipinski definition) is 1.